The molecule has 0 saturated carbocycles. The van der Waals surface area contributed by atoms with Crippen LogP contribution in [-0.4, -0.2) is 21.7 Å². The number of hydrazone groups is 1. The molecule has 0 bridgehead atoms. The molecule has 1 aliphatic carbocycles. The Morgan fingerprint density at radius 2 is 2.17 bits per heavy atom. The zero-order valence-corrected chi connectivity index (χ0v) is 17.0. The lowest BCUT2D eigenvalue weighted by Gasteiger charge is -2.18. The minimum absolute atomic E-state index is 0.188. The number of hydrogen-bond acceptors (Lipinski definition) is 5. The Balaban J connectivity index is 1.55. The number of benzene rings is 1. The van der Waals surface area contributed by atoms with Gasteiger partial charge in [-0.2, -0.15) is 5.10 Å². The van der Waals surface area contributed by atoms with E-state index in [0.717, 1.165) is 29.7 Å². The molecule has 8 heteroatoms. The number of hydrogen-bond donors (Lipinski definition) is 1. The highest BCUT2D eigenvalue weighted by Crippen LogP contribution is 2.35. The van der Waals surface area contributed by atoms with Gasteiger partial charge in [-0.3, -0.25) is 14.2 Å². The van der Waals surface area contributed by atoms with E-state index in [1.54, 1.807) is 30.4 Å². The molecule has 6 nitrogen and oxygen atoms in total. The number of aryl methyl sites for hydroxylation is 1. The van der Waals surface area contributed by atoms with Crippen molar-refractivity contribution in [3.05, 3.63) is 62.8 Å². The van der Waals surface area contributed by atoms with Crippen LogP contribution in [0.4, 0.5) is 4.39 Å². The number of halogens is 1. The second-order valence-corrected chi connectivity index (χ2v) is 8.53. The van der Waals surface area contributed by atoms with Gasteiger partial charge in [0.1, 0.15) is 16.7 Å². The molecule has 3 aromatic rings. The van der Waals surface area contributed by atoms with Crippen molar-refractivity contribution in [2.24, 2.45) is 11.0 Å². The van der Waals surface area contributed by atoms with E-state index < -0.39 is 11.9 Å². The third kappa shape index (κ3) is 3.85. The molecule has 4 rings (SSSR count). The molecule has 1 aliphatic rings. The van der Waals surface area contributed by atoms with Crippen LogP contribution in [0, 0.1) is 11.7 Å². The van der Waals surface area contributed by atoms with Gasteiger partial charge in [-0.05, 0) is 55.4 Å². The fourth-order valence-electron chi connectivity index (χ4n) is 3.56. The Kier molecular flexibility index (Phi) is 5.27. The highest BCUT2D eigenvalue weighted by molar-refractivity contribution is 7.18. The fourth-order valence-corrected chi connectivity index (χ4v) is 4.90. The number of rotatable bonds is 4. The first kappa shape index (κ1) is 19.4. The van der Waals surface area contributed by atoms with Crippen molar-refractivity contribution in [1.82, 2.24) is 15.0 Å². The lowest BCUT2D eigenvalue weighted by molar-refractivity contribution is -0.123. The minimum Gasteiger partial charge on any atom is -0.286 e. The monoisotopic (exact) mass is 412 g/mol. The molecule has 1 N–H and O–H groups in total. The number of nitrogens with one attached hydrogen (secondary N) is 1. The number of amides is 1. The molecular formula is C21H21FN4O2S. The van der Waals surface area contributed by atoms with Gasteiger partial charge in [0.25, 0.3) is 11.5 Å². The van der Waals surface area contributed by atoms with Crippen molar-refractivity contribution < 1.29 is 9.18 Å². The van der Waals surface area contributed by atoms with Crippen LogP contribution in [-0.2, 0) is 17.6 Å². The predicted octanol–water partition coefficient (Wildman–Crippen LogP) is 3.43. The first-order valence-corrected chi connectivity index (χ1v) is 10.4. The van der Waals surface area contributed by atoms with Crippen LogP contribution in [0.15, 0.2) is 40.5 Å². The maximum Gasteiger partial charge on any atom is 0.263 e. The average Bonchev–Trinajstić information content (AvgIpc) is 3.07. The lowest BCUT2D eigenvalue weighted by atomic mass is 9.89. The van der Waals surface area contributed by atoms with Crippen LogP contribution >= 0.6 is 11.3 Å². The van der Waals surface area contributed by atoms with Crippen molar-refractivity contribution in [2.45, 2.75) is 39.2 Å². The number of thiophene rings is 1. The maximum absolute atomic E-state index is 13.1. The van der Waals surface area contributed by atoms with Gasteiger partial charge >= 0.3 is 0 Å². The molecule has 0 unspecified atom stereocenters. The summed E-state index contributed by atoms with van der Waals surface area (Å²) in [4.78, 5) is 32.0. The first-order chi connectivity index (χ1) is 13.9. The number of carbonyl (C=O) groups excluding carboxylic acids is 1. The minimum atomic E-state index is -0.761. The zero-order chi connectivity index (χ0) is 20.5. The van der Waals surface area contributed by atoms with E-state index in [0.29, 0.717) is 16.9 Å². The summed E-state index contributed by atoms with van der Waals surface area (Å²) in [6, 6.07) is 4.97. The molecule has 1 amide bonds. The number of aromatic nitrogens is 2. The Morgan fingerprint density at radius 1 is 1.41 bits per heavy atom. The first-order valence-electron chi connectivity index (χ1n) is 9.54. The standard InChI is InChI=1S/C21H21FN4O2S/c1-12-3-8-16-17(9-12)29-20-18(16)21(28)26(11-23-20)13(2)19(27)25-24-10-14-4-6-15(22)7-5-14/h4-7,10-13H,3,8-9H2,1-2H3,(H,25,27)/t12-,13-/m1/s1. The Labute approximate surface area is 171 Å². The summed E-state index contributed by atoms with van der Waals surface area (Å²) in [6.45, 7) is 3.86. The maximum atomic E-state index is 13.1. The smallest absolute Gasteiger partial charge is 0.263 e. The SMILES string of the molecule is C[C@@H]1CCc2c(sc3ncn([C@H](C)C(=O)NN=Cc4ccc(F)cc4)c(=O)c23)C1. The van der Waals surface area contributed by atoms with E-state index in [1.165, 1.54) is 34.1 Å². The second-order valence-electron chi connectivity index (χ2n) is 7.45. The molecular weight excluding hydrogens is 391 g/mol. The number of carbonyl (C=O) groups is 1. The van der Waals surface area contributed by atoms with Crippen LogP contribution < -0.4 is 11.0 Å². The number of fused-ring (bicyclic) bond motifs is 3. The summed E-state index contributed by atoms with van der Waals surface area (Å²) in [6.07, 6.45) is 5.76. The lowest BCUT2D eigenvalue weighted by Crippen LogP contribution is -2.34. The summed E-state index contributed by atoms with van der Waals surface area (Å²) in [7, 11) is 0. The Morgan fingerprint density at radius 3 is 2.93 bits per heavy atom. The van der Waals surface area contributed by atoms with Gasteiger partial charge in [0, 0.05) is 4.88 Å². The number of nitrogens with zero attached hydrogens (tertiary/aromatic N) is 3. The van der Waals surface area contributed by atoms with Gasteiger partial charge in [0.05, 0.1) is 17.9 Å². The van der Waals surface area contributed by atoms with Crippen LogP contribution in [0.5, 0.6) is 0 Å². The van der Waals surface area contributed by atoms with E-state index in [4.69, 9.17) is 0 Å². The normalized spacial score (nSPS) is 17.4. The highest BCUT2D eigenvalue weighted by Gasteiger charge is 2.25. The quantitative estimate of drug-likeness (QED) is 0.527. The van der Waals surface area contributed by atoms with Gasteiger partial charge in [-0.1, -0.05) is 19.1 Å². The molecule has 0 spiro atoms. The van der Waals surface area contributed by atoms with Gasteiger partial charge < -0.3 is 0 Å². The molecule has 2 atom stereocenters. The van der Waals surface area contributed by atoms with Crippen LogP contribution in [0.3, 0.4) is 0 Å². The van der Waals surface area contributed by atoms with Crippen molar-refractivity contribution in [2.75, 3.05) is 0 Å². The molecule has 2 aromatic heterocycles. The van der Waals surface area contributed by atoms with Crippen molar-refractivity contribution in [1.29, 1.82) is 0 Å². The van der Waals surface area contributed by atoms with Crippen molar-refractivity contribution >= 4 is 33.7 Å². The molecule has 0 radical (unpaired) electrons. The molecule has 0 saturated heterocycles. The van der Waals surface area contributed by atoms with Gasteiger partial charge in [0.2, 0.25) is 0 Å². The van der Waals surface area contributed by atoms with Gasteiger partial charge in [-0.25, -0.2) is 14.8 Å². The van der Waals surface area contributed by atoms with Gasteiger partial charge in [0.15, 0.2) is 0 Å². The molecule has 150 valence electrons. The van der Waals surface area contributed by atoms with E-state index >= 15 is 0 Å². The highest BCUT2D eigenvalue weighted by atomic mass is 32.1. The van der Waals surface area contributed by atoms with Crippen LogP contribution in [0.25, 0.3) is 10.2 Å². The summed E-state index contributed by atoms with van der Waals surface area (Å²) in [5.41, 5.74) is 3.99. The summed E-state index contributed by atoms with van der Waals surface area (Å²) in [5, 5.41) is 4.54. The summed E-state index contributed by atoms with van der Waals surface area (Å²) in [5.74, 6) is -0.155. The third-order valence-corrected chi connectivity index (χ3v) is 6.46. The molecule has 29 heavy (non-hydrogen) atoms. The average molecular weight is 412 g/mol. The molecule has 1 aromatic carbocycles. The van der Waals surface area contributed by atoms with Gasteiger partial charge in [-0.15, -0.1) is 11.3 Å². The Hall–Kier alpha value is -2.87. The summed E-state index contributed by atoms with van der Waals surface area (Å²) >= 11 is 1.58. The van der Waals surface area contributed by atoms with Crippen LogP contribution in [0.2, 0.25) is 0 Å². The second kappa shape index (κ2) is 7.87. The van der Waals surface area contributed by atoms with E-state index in [1.807, 2.05) is 0 Å². The third-order valence-electron chi connectivity index (χ3n) is 5.30. The van der Waals surface area contributed by atoms with E-state index in [2.05, 4.69) is 22.4 Å². The molecule has 0 aliphatic heterocycles. The van der Waals surface area contributed by atoms with Crippen molar-refractivity contribution in [3.8, 4) is 0 Å². The molecule has 0 fully saturated rings. The fraction of sp³-hybridized carbons (Fsp3) is 0.333. The van der Waals surface area contributed by atoms with E-state index in [9.17, 15) is 14.0 Å². The predicted molar refractivity (Wildman–Crippen MR) is 112 cm³/mol. The van der Waals surface area contributed by atoms with Crippen molar-refractivity contribution in [3.63, 3.8) is 0 Å². The summed E-state index contributed by atoms with van der Waals surface area (Å²) < 4.78 is 14.3. The zero-order valence-electron chi connectivity index (χ0n) is 16.2. The Bertz CT molecular complexity index is 1150. The van der Waals surface area contributed by atoms with Crippen LogP contribution in [0.1, 0.15) is 42.3 Å². The molecule has 2 heterocycles. The largest absolute Gasteiger partial charge is 0.286 e. The topological polar surface area (TPSA) is 76.3 Å². The van der Waals surface area contributed by atoms with E-state index in [-0.39, 0.29) is 11.4 Å².